The molecule has 3 aromatic carbocycles. The second-order valence-corrected chi connectivity index (χ2v) is 11.1. The Balaban J connectivity index is 0.00000433. The van der Waals surface area contributed by atoms with Gasteiger partial charge in [0.1, 0.15) is 22.7 Å². The number of amides is 1. The van der Waals surface area contributed by atoms with Crippen molar-refractivity contribution in [1.29, 1.82) is 0 Å². The van der Waals surface area contributed by atoms with E-state index in [4.69, 9.17) is 19.9 Å². The number of rotatable bonds is 11. The van der Waals surface area contributed by atoms with Crippen LogP contribution in [0.2, 0.25) is 0 Å². The van der Waals surface area contributed by atoms with Crippen molar-refractivity contribution in [3.8, 4) is 22.9 Å². The number of pyridine rings is 1. The zero-order valence-corrected chi connectivity index (χ0v) is 26.5. The Bertz CT molecular complexity index is 2010. The third-order valence-corrected chi connectivity index (χ3v) is 8.00. The van der Waals surface area contributed by atoms with Crippen LogP contribution in [0.15, 0.2) is 83.8 Å². The van der Waals surface area contributed by atoms with Crippen LogP contribution in [0.25, 0.3) is 16.6 Å². The molecule has 6 rings (SSSR count). The summed E-state index contributed by atoms with van der Waals surface area (Å²) in [6.07, 6.45) is 3.67. The third kappa shape index (κ3) is 6.98. The normalized spacial score (nSPS) is 13.0. The molecule has 0 spiro atoms. The average Bonchev–Trinajstić information content (AvgIpc) is 3.76. The van der Waals surface area contributed by atoms with Crippen LogP contribution in [0.3, 0.4) is 0 Å². The van der Waals surface area contributed by atoms with Gasteiger partial charge in [0, 0.05) is 42.9 Å². The van der Waals surface area contributed by atoms with Gasteiger partial charge in [-0.3, -0.25) is 24.0 Å². The number of esters is 1. The molecule has 2 heterocycles. The molecule has 0 atom stereocenters. The van der Waals surface area contributed by atoms with Crippen LogP contribution in [0.4, 0.5) is 10.1 Å². The fourth-order valence-corrected chi connectivity index (χ4v) is 5.26. The van der Waals surface area contributed by atoms with Gasteiger partial charge in [0.05, 0.1) is 30.0 Å². The lowest BCUT2D eigenvalue weighted by atomic mass is 10.2. The summed E-state index contributed by atoms with van der Waals surface area (Å²) in [7, 11) is 1.69. The number of aromatic nitrogens is 3. The molecule has 13 heteroatoms. The number of hydrogen-bond donors (Lipinski definition) is 2. The van der Waals surface area contributed by atoms with Gasteiger partial charge in [0.15, 0.2) is 11.6 Å². The molecule has 1 aliphatic rings. The van der Waals surface area contributed by atoms with Gasteiger partial charge in [0.2, 0.25) is 0 Å². The van der Waals surface area contributed by atoms with E-state index in [1.54, 1.807) is 73.4 Å². The Morgan fingerprint density at radius 1 is 1.04 bits per heavy atom. The van der Waals surface area contributed by atoms with E-state index in [1.807, 2.05) is 6.07 Å². The number of ether oxygens (including phenoxy) is 3. The number of nitrogens with one attached hydrogen (secondary N) is 1. The molecule has 2 aromatic heterocycles. The number of halogens is 2. The smallest absolute Gasteiger partial charge is 0.320 e. The zero-order chi connectivity index (χ0) is 32.4. The maximum atomic E-state index is 15.2. The molecule has 0 aliphatic heterocycles. The van der Waals surface area contributed by atoms with Gasteiger partial charge in [-0.2, -0.15) is 0 Å². The molecule has 1 saturated carbocycles. The lowest BCUT2D eigenvalue weighted by molar-refractivity contribution is -0.150. The minimum absolute atomic E-state index is 0. The number of nitrogens with zero attached hydrogens (tertiary/aromatic N) is 3. The van der Waals surface area contributed by atoms with Crippen molar-refractivity contribution >= 4 is 40.9 Å². The van der Waals surface area contributed by atoms with Crippen LogP contribution in [-0.2, 0) is 16.6 Å². The molecule has 0 saturated heterocycles. The Morgan fingerprint density at radius 2 is 1.81 bits per heavy atom. The van der Waals surface area contributed by atoms with E-state index in [1.165, 1.54) is 16.8 Å². The van der Waals surface area contributed by atoms with Crippen molar-refractivity contribution in [2.75, 3.05) is 18.5 Å². The van der Waals surface area contributed by atoms with Gasteiger partial charge < -0.3 is 25.3 Å². The predicted molar refractivity (Wildman–Crippen MR) is 176 cm³/mol. The summed E-state index contributed by atoms with van der Waals surface area (Å²) in [6, 6.07) is 19.9. The number of nitrogens with two attached hydrogens (primary N) is 1. The van der Waals surface area contributed by atoms with Crippen molar-refractivity contribution in [1.82, 2.24) is 14.3 Å². The van der Waals surface area contributed by atoms with Crippen molar-refractivity contribution < 1.29 is 28.2 Å². The SMILES string of the molecule is Cc1c(C(=O)Nc2ccc(Oc3ccnc4cc(OCCC5(OC(=O)CN)CC5)ccc34)c(F)c2)c(=O)n(-c2ccccc2)n1C.Cl. The Kier molecular flexibility index (Phi) is 9.64. The highest BCUT2D eigenvalue weighted by Gasteiger charge is 2.46. The summed E-state index contributed by atoms with van der Waals surface area (Å²) in [5.41, 5.74) is 6.16. The maximum Gasteiger partial charge on any atom is 0.320 e. The monoisotopic (exact) mass is 661 g/mol. The number of benzene rings is 3. The molecule has 244 valence electrons. The van der Waals surface area contributed by atoms with Crippen molar-refractivity contribution in [2.24, 2.45) is 12.8 Å². The van der Waals surface area contributed by atoms with E-state index < -0.39 is 28.9 Å². The number of carbonyl (C=O) groups excluding carboxylic acids is 2. The van der Waals surface area contributed by atoms with Crippen molar-refractivity contribution in [3.05, 3.63) is 106 Å². The summed E-state index contributed by atoms with van der Waals surface area (Å²) in [6.45, 7) is 1.87. The van der Waals surface area contributed by atoms with Crippen LogP contribution in [0.1, 0.15) is 35.3 Å². The fraction of sp³-hybridized carbons (Fsp3) is 0.235. The molecule has 1 amide bonds. The first-order chi connectivity index (χ1) is 22.2. The maximum absolute atomic E-state index is 15.2. The van der Waals surface area contributed by atoms with Gasteiger partial charge in [-0.15, -0.1) is 12.4 Å². The standard InChI is InChI=1S/C34H32FN5O6.ClH/c1-21-31(33(43)40(39(21)2)23-6-4-3-5-7-23)32(42)38-22-8-11-29(26(35)18-22)45-28-12-16-37-27-19-24(9-10-25(27)28)44-17-15-34(13-14-34)46-30(41)20-36;/h3-12,16,18-19H,13-15,17,20,36H2,1-2H3,(H,38,42);1H. The Morgan fingerprint density at radius 3 is 2.51 bits per heavy atom. The fourth-order valence-electron chi connectivity index (χ4n) is 5.26. The van der Waals surface area contributed by atoms with Crippen molar-refractivity contribution in [2.45, 2.75) is 31.8 Å². The molecule has 11 nitrogen and oxygen atoms in total. The van der Waals surface area contributed by atoms with Crippen LogP contribution in [0, 0.1) is 12.7 Å². The first kappa shape index (κ1) is 33.2. The lowest BCUT2D eigenvalue weighted by Gasteiger charge is -2.16. The Labute approximate surface area is 275 Å². The minimum atomic E-state index is -0.710. The van der Waals surface area contributed by atoms with E-state index in [0.29, 0.717) is 46.8 Å². The molecule has 0 unspecified atom stereocenters. The summed E-state index contributed by atoms with van der Waals surface area (Å²) >= 11 is 0. The predicted octanol–water partition coefficient (Wildman–Crippen LogP) is 5.44. The highest BCUT2D eigenvalue weighted by Crippen LogP contribution is 2.43. The quantitative estimate of drug-likeness (QED) is 0.178. The van der Waals surface area contributed by atoms with E-state index in [2.05, 4.69) is 10.3 Å². The van der Waals surface area contributed by atoms with Gasteiger partial charge in [-0.05, 0) is 62.2 Å². The molecule has 0 radical (unpaired) electrons. The van der Waals surface area contributed by atoms with Crippen LogP contribution in [0.5, 0.6) is 17.2 Å². The number of carbonyl (C=O) groups is 2. The molecule has 47 heavy (non-hydrogen) atoms. The second-order valence-electron chi connectivity index (χ2n) is 11.1. The minimum Gasteiger partial charge on any atom is -0.493 e. The van der Waals surface area contributed by atoms with Gasteiger partial charge in [-0.25, -0.2) is 9.07 Å². The van der Waals surface area contributed by atoms with Gasteiger partial charge in [-0.1, -0.05) is 18.2 Å². The van der Waals surface area contributed by atoms with Crippen LogP contribution in [-0.4, -0.2) is 45.0 Å². The number of anilines is 1. The summed E-state index contributed by atoms with van der Waals surface area (Å²) in [4.78, 5) is 42.3. The summed E-state index contributed by atoms with van der Waals surface area (Å²) < 4.78 is 35.5. The molecule has 1 fully saturated rings. The molecule has 0 bridgehead atoms. The molecule has 3 N–H and O–H groups in total. The first-order valence-electron chi connectivity index (χ1n) is 14.7. The highest BCUT2D eigenvalue weighted by molar-refractivity contribution is 6.05. The van der Waals surface area contributed by atoms with Crippen LogP contribution >= 0.6 is 12.4 Å². The van der Waals surface area contributed by atoms with Gasteiger partial charge in [0.25, 0.3) is 11.5 Å². The highest BCUT2D eigenvalue weighted by atomic mass is 35.5. The second kappa shape index (κ2) is 13.7. The summed E-state index contributed by atoms with van der Waals surface area (Å²) in [5.74, 6) is -0.892. The van der Waals surface area contributed by atoms with Crippen molar-refractivity contribution in [3.63, 3.8) is 0 Å². The molecular weight excluding hydrogens is 629 g/mol. The number of para-hydroxylation sites is 1. The van der Waals surface area contributed by atoms with Crippen LogP contribution < -0.4 is 26.1 Å². The lowest BCUT2D eigenvalue weighted by Crippen LogP contribution is -2.26. The third-order valence-electron chi connectivity index (χ3n) is 8.00. The molecular formula is C34H33ClFN5O6. The summed E-state index contributed by atoms with van der Waals surface area (Å²) in [5, 5.41) is 3.26. The Hall–Kier alpha value is -5.20. The van der Waals surface area contributed by atoms with E-state index in [9.17, 15) is 14.4 Å². The number of hydrogen-bond acceptors (Lipinski definition) is 8. The van der Waals surface area contributed by atoms with E-state index in [0.717, 1.165) is 18.9 Å². The van der Waals surface area contributed by atoms with E-state index >= 15 is 4.39 Å². The zero-order valence-electron chi connectivity index (χ0n) is 25.7. The molecule has 1 aliphatic carbocycles. The first-order valence-corrected chi connectivity index (χ1v) is 14.7. The number of fused-ring (bicyclic) bond motifs is 1. The average molecular weight is 662 g/mol. The van der Waals surface area contributed by atoms with E-state index in [-0.39, 0.29) is 36.0 Å². The van der Waals surface area contributed by atoms with Gasteiger partial charge >= 0.3 is 5.97 Å². The molecule has 5 aromatic rings. The topological polar surface area (TPSA) is 140 Å². The largest absolute Gasteiger partial charge is 0.493 e.